The number of aldehydes is 1. The van der Waals surface area contributed by atoms with Crippen molar-refractivity contribution in [1.29, 1.82) is 0 Å². The molecule has 4 heteroatoms. The van der Waals surface area contributed by atoms with Gasteiger partial charge in [-0.25, -0.2) is 0 Å². The van der Waals surface area contributed by atoms with Gasteiger partial charge in [-0.3, -0.25) is 4.79 Å². The topological polar surface area (TPSA) is 38.8 Å². The molecule has 1 aromatic rings. The highest BCUT2D eigenvalue weighted by atomic mass is 16.5. The molecule has 0 aromatic heterocycles. The highest BCUT2D eigenvalue weighted by Crippen LogP contribution is 2.30. The zero-order valence-corrected chi connectivity index (χ0v) is 12.1. The third kappa shape index (κ3) is 3.97. The predicted octanol–water partition coefficient (Wildman–Crippen LogP) is 2.76. The number of para-hydroxylation sites is 1. The van der Waals surface area contributed by atoms with Gasteiger partial charge in [0.25, 0.3) is 0 Å². The van der Waals surface area contributed by atoms with Crippen LogP contribution in [0.25, 0.3) is 0 Å². The molecule has 1 heterocycles. The van der Waals surface area contributed by atoms with Crippen LogP contribution in [0, 0.1) is 0 Å². The molecule has 0 unspecified atom stereocenters. The van der Waals surface area contributed by atoms with Gasteiger partial charge in [-0.1, -0.05) is 6.07 Å². The molecule has 110 valence electrons. The van der Waals surface area contributed by atoms with E-state index in [1.165, 1.54) is 25.9 Å². The smallest absolute Gasteiger partial charge is 0.171 e. The van der Waals surface area contributed by atoms with Gasteiger partial charge in [0.05, 0.1) is 19.3 Å². The second-order valence-corrected chi connectivity index (χ2v) is 5.10. The fraction of sp³-hybridized carbons (Fsp3) is 0.562. The number of ether oxygens (including phenoxy) is 2. The minimum Gasteiger partial charge on any atom is -0.493 e. The van der Waals surface area contributed by atoms with Gasteiger partial charge in [-0.05, 0) is 57.5 Å². The van der Waals surface area contributed by atoms with Crippen LogP contribution in [0.15, 0.2) is 18.2 Å². The van der Waals surface area contributed by atoms with Gasteiger partial charge in [0.15, 0.2) is 17.8 Å². The van der Waals surface area contributed by atoms with Gasteiger partial charge in [0.1, 0.15) is 0 Å². The summed E-state index contributed by atoms with van der Waals surface area (Å²) >= 11 is 0. The zero-order valence-electron chi connectivity index (χ0n) is 12.1. The van der Waals surface area contributed by atoms with Crippen LogP contribution in [0.1, 0.15) is 36.0 Å². The maximum Gasteiger partial charge on any atom is 0.171 e. The SMILES string of the molecule is COc1cccc(C=O)c1OCCCCN1CCCC1. The summed E-state index contributed by atoms with van der Waals surface area (Å²) in [5.41, 5.74) is 0.545. The number of hydrogen-bond acceptors (Lipinski definition) is 4. The van der Waals surface area contributed by atoms with Crippen LogP contribution in [-0.2, 0) is 0 Å². The molecule has 0 radical (unpaired) electrons. The molecule has 1 aromatic carbocycles. The monoisotopic (exact) mass is 277 g/mol. The molecule has 1 saturated heterocycles. The molecule has 0 aliphatic carbocycles. The van der Waals surface area contributed by atoms with E-state index >= 15 is 0 Å². The molecule has 20 heavy (non-hydrogen) atoms. The summed E-state index contributed by atoms with van der Waals surface area (Å²) in [4.78, 5) is 13.5. The Balaban J connectivity index is 1.76. The Bertz CT molecular complexity index is 428. The van der Waals surface area contributed by atoms with E-state index in [1.54, 1.807) is 19.2 Å². The van der Waals surface area contributed by atoms with E-state index < -0.39 is 0 Å². The minimum absolute atomic E-state index is 0.545. The summed E-state index contributed by atoms with van der Waals surface area (Å²) in [6, 6.07) is 5.35. The van der Waals surface area contributed by atoms with Crippen molar-refractivity contribution in [2.45, 2.75) is 25.7 Å². The number of hydrogen-bond donors (Lipinski definition) is 0. The Kier molecular flexibility index (Phi) is 5.87. The third-order valence-corrected chi connectivity index (χ3v) is 3.67. The molecule has 2 rings (SSSR count). The summed E-state index contributed by atoms with van der Waals surface area (Å²) < 4.78 is 11.0. The van der Waals surface area contributed by atoms with Crippen LogP contribution in [0.3, 0.4) is 0 Å². The Hall–Kier alpha value is -1.55. The first-order valence-corrected chi connectivity index (χ1v) is 7.32. The highest BCUT2D eigenvalue weighted by molar-refractivity contribution is 5.81. The molecule has 1 aliphatic rings. The molecule has 4 nitrogen and oxygen atoms in total. The molecule has 0 amide bonds. The zero-order chi connectivity index (χ0) is 14.2. The molecule has 1 fully saturated rings. The van der Waals surface area contributed by atoms with E-state index in [2.05, 4.69) is 4.90 Å². The number of carbonyl (C=O) groups excluding carboxylic acids is 1. The van der Waals surface area contributed by atoms with E-state index in [0.29, 0.717) is 23.7 Å². The van der Waals surface area contributed by atoms with Crippen molar-refractivity contribution in [3.8, 4) is 11.5 Å². The van der Waals surface area contributed by atoms with Crippen molar-refractivity contribution in [2.75, 3.05) is 33.4 Å². The molecular weight excluding hydrogens is 254 g/mol. The van der Waals surface area contributed by atoms with Crippen LogP contribution in [-0.4, -0.2) is 44.5 Å². The van der Waals surface area contributed by atoms with Crippen molar-refractivity contribution in [1.82, 2.24) is 4.90 Å². The quantitative estimate of drug-likeness (QED) is 0.541. The van der Waals surface area contributed by atoms with Gasteiger partial charge in [-0.2, -0.15) is 0 Å². The van der Waals surface area contributed by atoms with E-state index in [-0.39, 0.29) is 0 Å². The molecule has 0 saturated carbocycles. The fourth-order valence-corrected chi connectivity index (χ4v) is 2.56. The number of methoxy groups -OCH3 is 1. The molecule has 0 bridgehead atoms. The van der Waals surface area contributed by atoms with Crippen molar-refractivity contribution in [2.24, 2.45) is 0 Å². The fourth-order valence-electron chi connectivity index (χ4n) is 2.56. The van der Waals surface area contributed by atoms with Gasteiger partial charge in [0, 0.05) is 0 Å². The number of nitrogens with zero attached hydrogens (tertiary/aromatic N) is 1. The van der Waals surface area contributed by atoms with E-state index in [1.807, 2.05) is 6.07 Å². The molecule has 0 atom stereocenters. The Morgan fingerprint density at radius 3 is 2.75 bits per heavy atom. The Morgan fingerprint density at radius 2 is 2.05 bits per heavy atom. The largest absolute Gasteiger partial charge is 0.493 e. The lowest BCUT2D eigenvalue weighted by atomic mass is 10.2. The Morgan fingerprint density at radius 1 is 1.25 bits per heavy atom. The van der Waals surface area contributed by atoms with Crippen LogP contribution >= 0.6 is 0 Å². The van der Waals surface area contributed by atoms with E-state index in [0.717, 1.165) is 25.7 Å². The number of unbranched alkanes of at least 4 members (excludes halogenated alkanes) is 1. The van der Waals surface area contributed by atoms with Crippen LogP contribution in [0.5, 0.6) is 11.5 Å². The average molecular weight is 277 g/mol. The highest BCUT2D eigenvalue weighted by Gasteiger charge is 2.11. The summed E-state index contributed by atoms with van der Waals surface area (Å²) in [7, 11) is 1.59. The molecule has 1 aliphatic heterocycles. The van der Waals surface area contributed by atoms with Crippen LogP contribution in [0.4, 0.5) is 0 Å². The number of carbonyl (C=O) groups is 1. The van der Waals surface area contributed by atoms with Crippen molar-refractivity contribution in [3.63, 3.8) is 0 Å². The van der Waals surface area contributed by atoms with E-state index in [4.69, 9.17) is 9.47 Å². The van der Waals surface area contributed by atoms with Gasteiger partial charge in [0.2, 0.25) is 0 Å². The first-order valence-electron chi connectivity index (χ1n) is 7.32. The van der Waals surface area contributed by atoms with Crippen LogP contribution < -0.4 is 9.47 Å². The van der Waals surface area contributed by atoms with Gasteiger partial charge >= 0.3 is 0 Å². The first-order chi connectivity index (χ1) is 9.85. The standard InChI is InChI=1S/C16H23NO3/c1-19-15-8-6-7-14(13-18)16(15)20-12-5-4-11-17-9-2-3-10-17/h6-8,13H,2-5,9-12H2,1H3. The third-order valence-electron chi connectivity index (χ3n) is 3.67. The van der Waals surface area contributed by atoms with Gasteiger partial charge < -0.3 is 14.4 Å². The Labute approximate surface area is 120 Å². The maximum absolute atomic E-state index is 11.0. The second-order valence-electron chi connectivity index (χ2n) is 5.10. The summed E-state index contributed by atoms with van der Waals surface area (Å²) in [5, 5.41) is 0. The van der Waals surface area contributed by atoms with E-state index in [9.17, 15) is 4.79 Å². The van der Waals surface area contributed by atoms with Gasteiger partial charge in [-0.15, -0.1) is 0 Å². The predicted molar refractivity (Wildman–Crippen MR) is 78.8 cm³/mol. The lowest BCUT2D eigenvalue weighted by Crippen LogP contribution is -2.20. The number of rotatable bonds is 8. The molecule has 0 spiro atoms. The van der Waals surface area contributed by atoms with Crippen molar-refractivity contribution >= 4 is 6.29 Å². The first kappa shape index (κ1) is 14.9. The average Bonchev–Trinajstić information content (AvgIpc) is 3.00. The summed E-state index contributed by atoms with van der Waals surface area (Å²) in [6.45, 7) is 4.25. The summed E-state index contributed by atoms with van der Waals surface area (Å²) in [5.74, 6) is 1.18. The van der Waals surface area contributed by atoms with Crippen LogP contribution in [0.2, 0.25) is 0 Å². The van der Waals surface area contributed by atoms with Crippen molar-refractivity contribution < 1.29 is 14.3 Å². The molecular formula is C16H23NO3. The lowest BCUT2D eigenvalue weighted by Gasteiger charge is -2.15. The second kappa shape index (κ2) is 7.90. The normalized spacial score (nSPS) is 15.2. The molecule has 0 N–H and O–H groups in total. The minimum atomic E-state index is 0.545. The number of likely N-dealkylation sites (tertiary alicyclic amines) is 1. The number of benzene rings is 1. The lowest BCUT2D eigenvalue weighted by molar-refractivity contribution is 0.111. The maximum atomic E-state index is 11.0. The summed E-state index contributed by atoms with van der Waals surface area (Å²) in [6.07, 6.45) is 5.60. The van der Waals surface area contributed by atoms with Crippen molar-refractivity contribution in [3.05, 3.63) is 23.8 Å².